The van der Waals surface area contributed by atoms with E-state index < -0.39 is 0 Å². The van der Waals surface area contributed by atoms with Crippen LogP contribution in [0.4, 0.5) is 0 Å². The summed E-state index contributed by atoms with van der Waals surface area (Å²) >= 11 is 0. The number of hydrogen-bond acceptors (Lipinski definition) is 4. The Bertz CT molecular complexity index is 858. The van der Waals surface area contributed by atoms with E-state index in [4.69, 9.17) is 15.2 Å². The van der Waals surface area contributed by atoms with Crippen molar-refractivity contribution >= 4 is 10.8 Å². The molecule has 0 spiro atoms. The summed E-state index contributed by atoms with van der Waals surface area (Å²) in [6.45, 7) is 1.24. The standard InChI is InChI=1S/C22H26N2O2/c1-25-20-10-11-22(26-2)18(13-20)15-24-19(14-23)12-17-8-5-7-16-6-3-4-9-21(16)17/h3-11,13,19,24H,12,14-15,23H2,1-2H3. The molecule has 4 nitrogen and oxygen atoms in total. The Kier molecular flexibility index (Phi) is 6.10. The van der Waals surface area contributed by atoms with Crippen LogP contribution >= 0.6 is 0 Å². The van der Waals surface area contributed by atoms with Gasteiger partial charge in [0.05, 0.1) is 14.2 Å². The largest absolute Gasteiger partial charge is 0.497 e. The van der Waals surface area contributed by atoms with Gasteiger partial charge in [0.1, 0.15) is 11.5 Å². The van der Waals surface area contributed by atoms with Gasteiger partial charge in [0.2, 0.25) is 0 Å². The van der Waals surface area contributed by atoms with Crippen molar-refractivity contribution in [3.05, 3.63) is 71.8 Å². The predicted octanol–water partition coefficient (Wildman–Crippen LogP) is 3.52. The molecule has 3 rings (SSSR count). The number of fused-ring (bicyclic) bond motifs is 1. The summed E-state index contributed by atoms with van der Waals surface area (Å²) in [5.74, 6) is 1.67. The molecule has 136 valence electrons. The molecular formula is C22H26N2O2. The zero-order chi connectivity index (χ0) is 18.4. The van der Waals surface area contributed by atoms with Crippen molar-refractivity contribution < 1.29 is 9.47 Å². The molecule has 3 N–H and O–H groups in total. The summed E-state index contributed by atoms with van der Waals surface area (Å²) in [6.07, 6.45) is 0.879. The Morgan fingerprint density at radius 3 is 2.50 bits per heavy atom. The maximum Gasteiger partial charge on any atom is 0.123 e. The third-order valence-corrected chi connectivity index (χ3v) is 4.70. The zero-order valence-electron chi connectivity index (χ0n) is 15.4. The van der Waals surface area contributed by atoms with Crippen molar-refractivity contribution in [2.45, 2.75) is 19.0 Å². The lowest BCUT2D eigenvalue weighted by atomic mass is 9.98. The van der Waals surface area contributed by atoms with Crippen molar-refractivity contribution in [1.29, 1.82) is 0 Å². The van der Waals surface area contributed by atoms with Gasteiger partial charge in [-0.15, -0.1) is 0 Å². The van der Waals surface area contributed by atoms with Gasteiger partial charge in [0.25, 0.3) is 0 Å². The molecule has 0 amide bonds. The van der Waals surface area contributed by atoms with Crippen LogP contribution < -0.4 is 20.5 Å². The van der Waals surface area contributed by atoms with Crippen molar-refractivity contribution in [3.8, 4) is 11.5 Å². The van der Waals surface area contributed by atoms with Crippen LogP contribution in [0.25, 0.3) is 10.8 Å². The Labute approximate surface area is 154 Å². The summed E-state index contributed by atoms with van der Waals surface area (Å²) in [5.41, 5.74) is 8.40. The summed E-state index contributed by atoms with van der Waals surface area (Å²) in [6, 6.07) is 20.9. The Morgan fingerprint density at radius 1 is 0.923 bits per heavy atom. The predicted molar refractivity (Wildman–Crippen MR) is 107 cm³/mol. The smallest absolute Gasteiger partial charge is 0.123 e. The van der Waals surface area contributed by atoms with Crippen LogP contribution in [0.15, 0.2) is 60.7 Å². The average molecular weight is 350 g/mol. The number of nitrogens with two attached hydrogens (primary N) is 1. The van der Waals surface area contributed by atoms with E-state index in [0.717, 1.165) is 23.5 Å². The van der Waals surface area contributed by atoms with Gasteiger partial charge >= 0.3 is 0 Å². The van der Waals surface area contributed by atoms with Crippen LogP contribution in [0.5, 0.6) is 11.5 Å². The lowest BCUT2D eigenvalue weighted by Gasteiger charge is -2.19. The first kappa shape index (κ1) is 18.2. The summed E-state index contributed by atoms with van der Waals surface area (Å²) in [7, 11) is 3.35. The second-order valence-electron chi connectivity index (χ2n) is 6.33. The zero-order valence-corrected chi connectivity index (χ0v) is 15.4. The van der Waals surface area contributed by atoms with Crippen LogP contribution in [0, 0.1) is 0 Å². The van der Waals surface area contributed by atoms with Crippen LogP contribution in [0.2, 0.25) is 0 Å². The molecule has 0 saturated carbocycles. The van der Waals surface area contributed by atoms with Gasteiger partial charge in [-0.25, -0.2) is 0 Å². The molecule has 3 aromatic rings. The van der Waals surface area contributed by atoms with E-state index in [2.05, 4.69) is 47.8 Å². The molecule has 0 radical (unpaired) electrons. The van der Waals surface area contributed by atoms with E-state index >= 15 is 0 Å². The van der Waals surface area contributed by atoms with Crippen LogP contribution in [-0.4, -0.2) is 26.8 Å². The van der Waals surface area contributed by atoms with E-state index in [1.54, 1.807) is 14.2 Å². The van der Waals surface area contributed by atoms with Gasteiger partial charge in [0, 0.05) is 24.7 Å². The highest BCUT2D eigenvalue weighted by Gasteiger charge is 2.12. The van der Waals surface area contributed by atoms with Crippen LogP contribution in [0.3, 0.4) is 0 Å². The average Bonchev–Trinajstić information content (AvgIpc) is 2.70. The lowest BCUT2D eigenvalue weighted by molar-refractivity contribution is 0.394. The molecule has 4 heteroatoms. The molecule has 0 aliphatic heterocycles. The third-order valence-electron chi connectivity index (χ3n) is 4.70. The van der Waals surface area contributed by atoms with E-state index in [-0.39, 0.29) is 6.04 Å². The van der Waals surface area contributed by atoms with Gasteiger partial charge in [-0.1, -0.05) is 42.5 Å². The van der Waals surface area contributed by atoms with Crippen molar-refractivity contribution in [3.63, 3.8) is 0 Å². The fourth-order valence-corrected chi connectivity index (χ4v) is 3.25. The minimum atomic E-state index is 0.178. The Balaban J connectivity index is 1.74. The quantitative estimate of drug-likeness (QED) is 0.653. The maximum absolute atomic E-state index is 6.04. The Hall–Kier alpha value is -2.56. The number of methoxy groups -OCH3 is 2. The van der Waals surface area contributed by atoms with Crippen molar-refractivity contribution in [2.75, 3.05) is 20.8 Å². The molecule has 0 aromatic heterocycles. The SMILES string of the molecule is COc1ccc(OC)c(CNC(CN)Cc2cccc3ccccc23)c1. The number of rotatable bonds is 8. The third kappa shape index (κ3) is 4.15. The highest BCUT2D eigenvalue weighted by Crippen LogP contribution is 2.24. The molecule has 26 heavy (non-hydrogen) atoms. The normalized spacial score (nSPS) is 12.1. The first-order chi connectivity index (χ1) is 12.7. The van der Waals surface area contributed by atoms with E-state index in [1.807, 2.05) is 18.2 Å². The minimum Gasteiger partial charge on any atom is -0.497 e. The number of ether oxygens (including phenoxy) is 2. The van der Waals surface area contributed by atoms with Crippen LogP contribution in [-0.2, 0) is 13.0 Å². The highest BCUT2D eigenvalue weighted by molar-refractivity contribution is 5.85. The topological polar surface area (TPSA) is 56.5 Å². The first-order valence-electron chi connectivity index (χ1n) is 8.86. The monoisotopic (exact) mass is 350 g/mol. The Morgan fingerprint density at radius 2 is 1.73 bits per heavy atom. The molecule has 0 saturated heterocycles. The number of hydrogen-bond donors (Lipinski definition) is 2. The van der Waals surface area contributed by atoms with Gasteiger partial charge in [-0.2, -0.15) is 0 Å². The van der Waals surface area contributed by atoms with E-state index in [0.29, 0.717) is 13.1 Å². The summed E-state index contributed by atoms with van der Waals surface area (Å²) in [5, 5.41) is 6.11. The van der Waals surface area contributed by atoms with Crippen LogP contribution in [0.1, 0.15) is 11.1 Å². The second kappa shape index (κ2) is 8.70. The number of nitrogens with one attached hydrogen (secondary N) is 1. The van der Waals surface area contributed by atoms with Crippen molar-refractivity contribution in [1.82, 2.24) is 5.32 Å². The van der Waals surface area contributed by atoms with E-state index in [1.165, 1.54) is 16.3 Å². The molecule has 0 aliphatic rings. The molecule has 0 heterocycles. The molecule has 3 aromatic carbocycles. The van der Waals surface area contributed by atoms with Gasteiger partial charge in [-0.05, 0) is 41.0 Å². The molecule has 0 fully saturated rings. The number of benzene rings is 3. The second-order valence-corrected chi connectivity index (χ2v) is 6.33. The fraction of sp³-hybridized carbons (Fsp3) is 0.273. The van der Waals surface area contributed by atoms with Crippen molar-refractivity contribution in [2.24, 2.45) is 5.73 Å². The summed E-state index contributed by atoms with van der Waals surface area (Å²) in [4.78, 5) is 0. The molecule has 0 aliphatic carbocycles. The first-order valence-corrected chi connectivity index (χ1v) is 8.86. The maximum atomic E-state index is 6.04. The minimum absolute atomic E-state index is 0.178. The van der Waals surface area contributed by atoms with E-state index in [9.17, 15) is 0 Å². The molecular weight excluding hydrogens is 324 g/mol. The van der Waals surface area contributed by atoms with Gasteiger partial charge in [0.15, 0.2) is 0 Å². The summed E-state index contributed by atoms with van der Waals surface area (Å²) < 4.78 is 10.8. The molecule has 0 bridgehead atoms. The van der Waals surface area contributed by atoms with Gasteiger partial charge < -0.3 is 20.5 Å². The molecule has 1 atom stereocenters. The molecule has 1 unspecified atom stereocenters. The fourth-order valence-electron chi connectivity index (χ4n) is 3.25. The van der Waals surface area contributed by atoms with Gasteiger partial charge in [-0.3, -0.25) is 0 Å². The lowest BCUT2D eigenvalue weighted by Crippen LogP contribution is -2.37. The highest BCUT2D eigenvalue weighted by atomic mass is 16.5.